The van der Waals surface area contributed by atoms with Crippen LogP contribution in [0.3, 0.4) is 0 Å². The minimum absolute atomic E-state index is 0.00645. The van der Waals surface area contributed by atoms with Gasteiger partial charge in [0.25, 0.3) is 0 Å². The maximum absolute atomic E-state index is 12.8. The predicted octanol–water partition coefficient (Wildman–Crippen LogP) is 2.23. The molecule has 2 aromatic rings. The van der Waals surface area contributed by atoms with Gasteiger partial charge in [-0.15, -0.1) is 16.9 Å². The fourth-order valence-electron chi connectivity index (χ4n) is 1.80. The highest BCUT2D eigenvalue weighted by Crippen LogP contribution is 2.33. The molecule has 1 aromatic carbocycles. The fraction of sp³-hybridized carbons (Fsp3) is 0.333. The molecule has 0 bridgehead atoms. The minimum atomic E-state index is -0.228. The molecule has 18 heavy (non-hydrogen) atoms. The first-order chi connectivity index (χ1) is 8.81. The molecule has 0 aliphatic carbocycles. The summed E-state index contributed by atoms with van der Waals surface area (Å²) in [5, 5.41) is 8.16. The molecule has 1 aliphatic rings. The molecular formula is C12H12FN3OS. The molecule has 3 rings (SSSR count). The summed E-state index contributed by atoms with van der Waals surface area (Å²) in [6.07, 6.45) is 1.88. The summed E-state index contributed by atoms with van der Waals surface area (Å²) < 4.78 is 20.0. The third-order valence-electron chi connectivity index (χ3n) is 2.68. The SMILES string of the molecule is Fc1ccc(Cn2cc([C@H]3OCCS3)nn2)cc1. The molecule has 1 fully saturated rings. The standard InChI is InChI=1S/C12H12FN3OS/c13-10-3-1-9(2-4-10)7-16-8-11(14-15-16)12-17-5-6-18-12/h1-4,8,12H,5-7H2/t12-/m0/s1. The highest BCUT2D eigenvalue weighted by molar-refractivity contribution is 7.99. The molecule has 0 radical (unpaired) electrons. The van der Waals surface area contributed by atoms with Crippen molar-refractivity contribution in [3.8, 4) is 0 Å². The first kappa shape index (κ1) is 11.7. The smallest absolute Gasteiger partial charge is 0.148 e. The maximum atomic E-state index is 12.8. The number of ether oxygens (including phenoxy) is 1. The highest BCUT2D eigenvalue weighted by Gasteiger charge is 2.21. The second kappa shape index (κ2) is 5.07. The van der Waals surface area contributed by atoms with E-state index in [1.165, 1.54) is 12.1 Å². The van der Waals surface area contributed by atoms with E-state index in [4.69, 9.17) is 4.74 Å². The van der Waals surface area contributed by atoms with Crippen LogP contribution in [0.1, 0.15) is 16.7 Å². The molecule has 0 saturated carbocycles. The van der Waals surface area contributed by atoms with Crippen molar-refractivity contribution < 1.29 is 9.13 Å². The van der Waals surface area contributed by atoms with Crippen LogP contribution in [0.4, 0.5) is 4.39 Å². The summed E-state index contributed by atoms with van der Waals surface area (Å²) in [5.74, 6) is 0.768. The van der Waals surface area contributed by atoms with E-state index < -0.39 is 0 Å². The van der Waals surface area contributed by atoms with Crippen molar-refractivity contribution >= 4 is 11.8 Å². The van der Waals surface area contributed by atoms with Crippen molar-refractivity contribution in [3.63, 3.8) is 0 Å². The molecule has 94 valence electrons. The Bertz CT molecular complexity index is 522. The minimum Gasteiger partial charge on any atom is -0.360 e. The van der Waals surface area contributed by atoms with E-state index in [9.17, 15) is 4.39 Å². The monoisotopic (exact) mass is 265 g/mol. The number of hydrogen-bond acceptors (Lipinski definition) is 4. The zero-order valence-electron chi connectivity index (χ0n) is 9.62. The normalized spacial score (nSPS) is 19.3. The molecule has 0 unspecified atom stereocenters. The van der Waals surface area contributed by atoms with E-state index in [0.717, 1.165) is 23.6 Å². The van der Waals surface area contributed by atoms with Crippen LogP contribution < -0.4 is 0 Å². The summed E-state index contributed by atoms with van der Waals surface area (Å²) in [4.78, 5) is 0. The van der Waals surface area contributed by atoms with E-state index in [1.54, 1.807) is 28.6 Å². The van der Waals surface area contributed by atoms with Crippen LogP contribution in [0.25, 0.3) is 0 Å². The van der Waals surface area contributed by atoms with Crippen molar-refractivity contribution in [1.29, 1.82) is 0 Å². The van der Waals surface area contributed by atoms with Crippen LogP contribution in [0.15, 0.2) is 30.5 Å². The number of aromatic nitrogens is 3. The van der Waals surface area contributed by atoms with Gasteiger partial charge in [-0.1, -0.05) is 17.3 Å². The van der Waals surface area contributed by atoms with E-state index in [2.05, 4.69) is 10.3 Å². The van der Waals surface area contributed by atoms with Crippen LogP contribution in [-0.2, 0) is 11.3 Å². The highest BCUT2D eigenvalue weighted by atomic mass is 32.2. The predicted molar refractivity (Wildman–Crippen MR) is 66.7 cm³/mol. The van der Waals surface area contributed by atoms with Gasteiger partial charge in [0.1, 0.15) is 16.9 Å². The molecule has 0 spiro atoms. The average Bonchev–Trinajstić information content (AvgIpc) is 3.02. The van der Waals surface area contributed by atoms with Crippen LogP contribution in [0, 0.1) is 5.82 Å². The van der Waals surface area contributed by atoms with Crippen LogP contribution in [-0.4, -0.2) is 27.4 Å². The van der Waals surface area contributed by atoms with Crippen molar-refractivity contribution in [3.05, 3.63) is 47.5 Å². The van der Waals surface area contributed by atoms with Crippen LogP contribution >= 0.6 is 11.8 Å². The number of benzene rings is 1. The molecule has 2 heterocycles. The summed E-state index contributed by atoms with van der Waals surface area (Å²) in [6.45, 7) is 1.35. The zero-order chi connectivity index (χ0) is 12.4. The molecule has 0 N–H and O–H groups in total. The fourth-order valence-corrected chi connectivity index (χ4v) is 2.68. The second-order valence-electron chi connectivity index (χ2n) is 4.04. The number of hydrogen-bond donors (Lipinski definition) is 0. The Morgan fingerprint density at radius 2 is 2.22 bits per heavy atom. The van der Waals surface area contributed by atoms with Crippen molar-refractivity contribution in [2.75, 3.05) is 12.4 Å². The van der Waals surface area contributed by atoms with Gasteiger partial charge in [-0.3, -0.25) is 0 Å². The number of rotatable bonds is 3. The first-order valence-electron chi connectivity index (χ1n) is 5.69. The van der Waals surface area contributed by atoms with E-state index in [-0.39, 0.29) is 11.3 Å². The van der Waals surface area contributed by atoms with Gasteiger partial charge in [-0.05, 0) is 17.7 Å². The second-order valence-corrected chi connectivity index (χ2v) is 5.21. The Labute approximate surface area is 108 Å². The van der Waals surface area contributed by atoms with E-state index in [0.29, 0.717) is 6.54 Å². The summed E-state index contributed by atoms with van der Waals surface area (Å²) >= 11 is 1.73. The molecule has 6 heteroatoms. The topological polar surface area (TPSA) is 39.9 Å². The molecule has 1 atom stereocenters. The Balaban J connectivity index is 1.71. The van der Waals surface area contributed by atoms with Crippen LogP contribution in [0.5, 0.6) is 0 Å². The third kappa shape index (κ3) is 2.54. The van der Waals surface area contributed by atoms with Gasteiger partial charge in [0, 0.05) is 5.75 Å². The van der Waals surface area contributed by atoms with Crippen molar-refractivity contribution in [2.45, 2.75) is 12.0 Å². The van der Waals surface area contributed by atoms with Crippen molar-refractivity contribution in [2.24, 2.45) is 0 Å². The van der Waals surface area contributed by atoms with Gasteiger partial charge in [-0.25, -0.2) is 9.07 Å². The first-order valence-corrected chi connectivity index (χ1v) is 6.74. The summed E-state index contributed by atoms with van der Waals surface area (Å²) in [5.41, 5.74) is 1.85. The van der Waals surface area contributed by atoms with E-state index >= 15 is 0 Å². The summed E-state index contributed by atoms with van der Waals surface area (Å²) in [7, 11) is 0. The van der Waals surface area contributed by atoms with Gasteiger partial charge in [0.15, 0.2) is 0 Å². The number of nitrogens with zero attached hydrogens (tertiary/aromatic N) is 3. The molecule has 1 aliphatic heterocycles. The van der Waals surface area contributed by atoms with Gasteiger partial charge in [-0.2, -0.15) is 0 Å². The van der Waals surface area contributed by atoms with Crippen molar-refractivity contribution in [1.82, 2.24) is 15.0 Å². The Kier molecular flexibility index (Phi) is 3.29. The third-order valence-corrected chi connectivity index (χ3v) is 3.76. The molecular weight excluding hydrogens is 253 g/mol. The largest absolute Gasteiger partial charge is 0.360 e. The van der Waals surface area contributed by atoms with E-state index in [1.807, 2.05) is 6.20 Å². The Hall–Kier alpha value is -1.40. The van der Waals surface area contributed by atoms with Gasteiger partial charge in [0.2, 0.25) is 0 Å². The quantitative estimate of drug-likeness (QED) is 0.853. The maximum Gasteiger partial charge on any atom is 0.148 e. The molecule has 0 amide bonds. The lowest BCUT2D eigenvalue weighted by molar-refractivity contribution is 0.142. The molecule has 1 saturated heterocycles. The zero-order valence-corrected chi connectivity index (χ0v) is 10.4. The Morgan fingerprint density at radius 3 is 2.94 bits per heavy atom. The summed E-state index contributed by atoms with van der Waals surface area (Å²) in [6, 6.07) is 6.39. The lowest BCUT2D eigenvalue weighted by atomic mass is 10.2. The van der Waals surface area contributed by atoms with Gasteiger partial charge >= 0.3 is 0 Å². The number of halogens is 1. The average molecular weight is 265 g/mol. The number of thioether (sulfide) groups is 1. The molecule has 4 nitrogen and oxygen atoms in total. The van der Waals surface area contributed by atoms with Gasteiger partial charge < -0.3 is 4.74 Å². The lowest BCUT2D eigenvalue weighted by Gasteiger charge is -2.02. The van der Waals surface area contributed by atoms with Gasteiger partial charge in [0.05, 0.1) is 19.3 Å². The lowest BCUT2D eigenvalue weighted by Crippen LogP contribution is -2.00. The Morgan fingerprint density at radius 1 is 1.39 bits per heavy atom. The van der Waals surface area contributed by atoms with Crippen LogP contribution in [0.2, 0.25) is 0 Å². The molecule has 1 aromatic heterocycles.